The standard InChI is InChI=1S/C45H33B5N4O/c46-38-37(39(47)41(49)42(50)40(38)48)24-14-16-26(17-15-24)44-51-43(25-8-2-1-3-9-25)52-45(53-44)27-18-20-31-32-23-28(19-21-35(32)55-36(31)22-27)54-33-12-6-4-10-29(33)30-11-5-7-13-34(30)54/h1-23H,46-50H2. The molecule has 3 heterocycles. The molecule has 0 aliphatic heterocycles. The maximum absolute atomic E-state index is 6.51. The number of hydrogen-bond acceptors (Lipinski definition) is 4. The number of aromatic nitrogens is 4. The highest BCUT2D eigenvalue weighted by molar-refractivity contribution is 6.68. The van der Waals surface area contributed by atoms with Gasteiger partial charge >= 0.3 is 0 Å². The average Bonchev–Trinajstić information content (AvgIpc) is 3.77. The molecule has 55 heavy (non-hydrogen) atoms. The van der Waals surface area contributed by atoms with E-state index < -0.39 is 0 Å². The molecule has 0 saturated heterocycles. The van der Waals surface area contributed by atoms with Gasteiger partial charge in [-0.3, -0.25) is 0 Å². The predicted octanol–water partition coefficient (Wildman–Crippen LogP) is 2.83. The van der Waals surface area contributed by atoms with Crippen LogP contribution in [0.4, 0.5) is 0 Å². The number of benzene rings is 7. The lowest BCUT2D eigenvalue weighted by molar-refractivity contribution is 0.669. The summed E-state index contributed by atoms with van der Waals surface area (Å²) in [7, 11) is 11.1. The number of para-hydroxylation sites is 2. The molecule has 0 fully saturated rings. The minimum absolute atomic E-state index is 0.595. The molecule has 254 valence electrons. The minimum Gasteiger partial charge on any atom is -0.456 e. The molecule has 0 aliphatic carbocycles. The Labute approximate surface area is 323 Å². The molecular weight excluding hydrogens is 667 g/mol. The zero-order chi connectivity index (χ0) is 37.4. The van der Waals surface area contributed by atoms with E-state index in [-0.39, 0.29) is 0 Å². The molecule has 0 spiro atoms. The van der Waals surface area contributed by atoms with Crippen LogP contribution in [0, 0.1) is 0 Å². The van der Waals surface area contributed by atoms with Crippen molar-refractivity contribution in [2.45, 2.75) is 0 Å². The van der Waals surface area contributed by atoms with E-state index in [1.54, 1.807) is 0 Å². The van der Waals surface area contributed by atoms with Gasteiger partial charge < -0.3 is 8.98 Å². The summed E-state index contributed by atoms with van der Waals surface area (Å²) in [5, 5.41) is 4.58. The van der Waals surface area contributed by atoms with Crippen LogP contribution < -0.4 is 27.3 Å². The third kappa shape index (κ3) is 5.35. The van der Waals surface area contributed by atoms with Crippen molar-refractivity contribution in [2.75, 3.05) is 0 Å². The lowest BCUT2D eigenvalue weighted by Gasteiger charge is -2.20. The molecule has 0 unspecified atom stereocenters. The van der Waals surface area contributed by atoms with E-state index in [0.29, 0.717) is 17.5 Å². The zero-order valence-electron chi connectivity index (χ0n) is 31.5. The third-order valence-corrected chi connectivity index (χ3v) is 11.7. The van der Waals surface area contributed by atoms with Crippen molar-refractivity contribution in [1.82, 2.24) is 19.5 Å². The Bertz CT molecular complexity index is 3070. The summed E-state index contributed by atoms with van der Waals surface area (Å²) in [6.45, 7) is 0. The number of nitrogens with zero attached hydrogens (tertiary/aromatic N) is 4. The van der Waals surface area contributed by atoms with Crippen molar-refractivity contribution >= 4 is 110 Å². The Hall–Kier alpha value is -6.53. The van der Waals surface area contributed by atoms with Crippen molar-refractivity contribution in [3.8, 4) is 51.0 Å². The molecule has 0 amide bonds. The van der Waals surface area contributed by atoms with E-state index in [1.165, 1.54) is 60.2 Å². The topological polar surface area (TPSA) is 56.7 Å². The van der Waals surface area contributed by atoms with E-state index in [0.717, 1.165) is 44.3 Å². The molecule has 0 saturated carbocycles. The fourth-order valence-electron chi connectivity index (χ4n) is 8.31. The van der Waals surface area contributed by atoms with Crippen molar-refractivity contribution in [3.05, 3.63) is 140 Å². The molecule has 5 nitrogen and oxygen atoms in total. The van der Waals surface area contributed by atoms with Gasteiger partial charge in [0, 0.05) is 43.9 Å². The first-order chi connectivity index (χ1) is 26.8. The Balaban J connectivity index is 1.08. The smallest absolute Gasteiger partial charge is 0.164 e. The van der Waals surface area contributed by atoms with Crippen LogP contribution in [0.25, 0.3) is 94.7 Å². The summed E-state index contributed by atoms with van der Waals surface area (Å²) in [5.41, 5.74) is 17.0. The highest BCUT2D eigenvalue weighted by Crippen LogP contribution is 2.37. The highest BCUT2D eigenvalue weighted by Gasteiger charge is 2.18. The second kappa shape index (κ2) is 12.8. The van der Waals surface area contributed by atoms with Gasteiger partial charge in [-0.2, -0.15) is 0 Å². The molecule has 0 atom stereocenters. The largest absolute Gasteiger partial charge is 0.456 e. The predicted molar refractivity (Wildman–Crippen MR) is 244 cm³/mol. The normalized spacial score (nSPS) is 11.6. The van der Waals surface area contributed by atoms with Crippen LogP contribution in [0.3, 0.4) is 0 Å². The highest BCUT2D eigenvalue weighted by atomic mass is 16.3. The first kappa shape index (κ1) is 33.1. The van der Waals surface area contributed by atoms with Crippen LogP contribution in [0.15, 0.2) is 144 Å². The van der Waals surface area contributed by atoms with Crippen LogP contribution in [-0.2, 0) is 0 Å². The van der Waals surface area contributed by atoms with E-state index >= 15 is 0 Å². The van der Waals surface area contributed by atoms with E-state index in [9.17, 15) is 0 Å². The Morgan fingerprint density at radius 2 is 0.891 bits per heavy atom. The molecule has 0 aliphatic rings. The summed E-state index contributed by atoms with van der Waals surface area (Å²) < 4.78 is 8.85. The van der Waals surface area contributed by atoms with Crippen LogP contribution >= 0.6 is 0 Å². The van der Waals surface area contributed by atoms with Gasteiger partial charge in [-0.05, 0) is 53.6 Å². The second-order valence-electron chi connectivity index (χ2n) is 14.6. The molecule has 0 bridgehead atoms. The first-order valence-electron chi connectivity index (χ1n) is 18.8. The maximum Gasteiger partial charge on any atom is 0.164 e. The van der Waals surface area contributed by atoms with Gasteiger partial charge in [0.05, 0.1) is 11.0 Å². The van der Waals surface area contributed by atoms with Gasteiger partial charge in [0.15, 0.2) is 17.5 Å². The second-order valence-corrected chi connectivity index (χ2v) is 14.6. The van der Waals surface area contributed by atoms with Crippen LogP contribution in [0.5, 0.6) is 0 Å². The van der Waals surface area contributed by atoms with Crippen LogP contribution in [0.1, 0.15) is 0 Å². The van der Waals surface area contributed by atoms with Gasteiger partial charge in [-0.15, -0.1) is 16.4 Å². The molecule has 3 aromatic heterocycles. The van der Waals surface area contributed by atoms with Crippen molar-refractivity contribution < 1.29 is 4.42 Å². The zero-order valence-corrected chi connectivity index (χ0v) is 31.5. The molecule has 0 radical (unpaired) electrons. The van der Waals surface area contributed by atoms with Gasteiger partial charge in [-0.1, -0.05) is 108 Å². The van der Waals surface area contributed by atoms with Gasteiger partial charge in [0.1, 0.15) is 50.4 Å². The molecule has 10 aromatic rings. The lowest BCUT2D eigenvalue weighted by atomic mass is 9.59. The van der Waals surface area contributed by atoms with Crippen LogP contribution in [0.2, 0.25) is 0 Å². The number of rotatable bonds is 5. The summed E-state index contributed by atoms with van der Waals surface area (Å²) in [5.74, 6) is 1.85. The first-order valence-corrected chi connectivity index (χ1v) is 18.8. The molecular formula is C45H33B5N4O. The van der Waals surface area contributed by atoms with Crippen molar-refractivity contribution in [2.24, 2.45) is 0 Å². The third-order valence-electron chi connectivity index (χ3n) is 11.7. The van der Waals surface area contributed by atoms with Gasteiger partial charge in [-0.25, -0.2) is 15.0 Å². The molecule has 7 aromatic carbocycles. The quantitative estimate of drug-likeness (QED) is 0.260. The van der Waals surface area contributed by atoms with E-state index in [2.05, 4.69) is 153 Å². The average molecular weight is 700 g/mol. The monoisotopic (exact) mass is 700 g/mol. The number of hydrogen-bond donors (Lipinski definition) is 0. The molecule has 10 heteroatoms. The van der Waals surface area contributed by atoms with Gasteiger partial charge in [0.25, 0.3) is 0 Å². The Morgan fingerprint density at radius 3 is 1.53 bits per heavy atom. The van der Waals surface area contributed by atoms with Crippen LogP contribution in [-0.4, -0.2) is 58.8 Å². The Kier molecular flexibility index (Phi) is 7.70. The maximum atomic E-state index is 6.51. The minimum atomic E-state index is 0.595. The van der Waals surface area contributed by atoms with E-state index in [1.807, 2.05) is 30.3 Å². The number of fused-ring (bicyclic) bond motifs is 6. The SMILES string of the molecule is Bc1c(B)c(B)c(-c2ccc(-c3nc(-c4ccccc4)nc(-c4ccc5c(c4)oc4ccc(-n6c7ccccc7c7ccccc76)cc45)n3)cc2)c(B)c1B. The van der Waals surface area contributed by atoms with Crippen molar-refractivity contribution in [1.29, 1.82) is 0 Å². The Morgan fingerprint density at radius 1 is 0.382 bits per heavy atom. The van der Waals surface area contributed by atoms with E-state index in [4.69, 9.17) is 19.4 Å². The lowest BCUT2D eigenvalue weighted by Crippen LogP contribution is -2.55. The fourth-order valence-corrected chi connectivity index (χ4v) is 8.31. The number of furan rings is 1. The summed E-state index contributed by atoms with van der Waals surface area (Å²) >= 11 is 0. The molecule has 0 N–H and O–H groups in total. The fraction of sp³-hybridized carbons (Fsp3) is 0. The molecule has 10 rings (SSSR count). The summed E-state index contributed by atoms with van der Waals surface area (Å²) in [6, 6.07) is 48.7. The summed E-state index contributed by atoms with van der Waals surface area (Å²) in [6.07, 6.45) is 0. The van der Waals surface area contributed by atoms with Crippen molar-refractivity contribution in [3.63, 3.8) is 0 Å². The van der Waals surface area contributed by atoms with Gasteiger partial charge in [0.2, 0.25) is 0 Å². The summed E-state index contributed by atoms with van der Waals surface area (Å²) in [4.78, 5) is 15.1.